The quantitative estimate of drug-likeness (QED) is 0.912. The van der Waals surface area contributed by atoms with Crippen LogP contribution < -0.4 is 5.73 Å². The van der Waals surface area contributed by atoms with E-state index in [1.165, 1.54) is 6.07 Å². The number of alkyl halides is 3. The molecule has 1 aliphatic carbocycles. The molecule has 0 radical (unpaired) electrons. The highest BCUT2D eigenvalue weighted by Gasteiger charge is 2.35. The van der Waals surface area contributed by atoms with Crippen molar-refractivity contribution in [1.29, 1.82) is 0 Å². The Hall–Kier alpha value is -1.88. The van der Waals surface area contributed by atoms with Gasteiger partial charge in [-0.1, -0.05) is 18.2 Å². The lowest BCUT2D eigenvalue weighted by molar-refractivity contribution is -0.137. The Morgan fingerprint density at radius 1 is 1.24 bits per heavy atom. The second-order valence-electron chi connectivity index (χ2n) is 5.52. The highest BCUT2D eigenvalue weighted by molar-refractivity contribution is 5.64. The predicted molar refractivity (Wildman–Crippen MR) is 74.7 cm³/mol. The summed E-state index contributed by atoms with van der Waals surface area (Å²) in [5.41, 5.74) is 8.15. The minimum atomic E-state index is -4.34. The lowest BCUT2D eigenvalue weighted by Crippen LogP contribution is -2.05. The lowest BCUT2D eigenvalue weighted by Gasteiger charge is -2.11. The molecule has 0 unspecified atom stereocenters. The average molecular weight is 292 g/mol. The van der Waals surface area contributed by atoms with Crippen molar-refractivity contribution in [2.75, 3.05) is 0 Å². The third-order valence-electron chi connectivity index (χ3n) is 3.83. The minimum absolute atomic E-state index is 0.186. The summed E-state index contributed by atoms with van der Waals surface area (Å²) in [5.74, 6) is 0.340. The standard InChI is InChI=1S/C16H15F3N2/c1-9-5-11(13-7-14(13)20)8-21-15(9)10-3-2-4-12(6-10)16(17,18)19/h2-6,8,13-14H,7,20H2,1H3/t13-,14+/m0/s1. The molecule has 0 aliphatic heterocycles. The van der Waals surface area contributed by atoms with Gasteiger partial charge in [0, 0.05) is 23.7 Å². The van der Waals surface area contributed by atoms with Crippen molar-refractivity contribution in [3.63, 3.8) is 0 Å². The molecular weight excluding hydrogens is 277 g/mol. The Bertz CT molecular complexity index is 679. The zero-order valence-corrected chi connectivity index (χ0v) is 11.5. The number of aromatic nitrogens is 1. The van der Waals surface area contributed by atoms with Gasteiger partial charge in [-0.3, -0.25) is 4.98 Å². The summed E-state index contributed by atoms with van der Waals surface area (Å²) in [5, 5.41) is 0. The molecule has 1 aromatic carbocycles. The number of halogens is 3. The molecule has 0 spiro atoms. The van der Waals surface area contributed by atoms with Gasteiger partial charge in [0.25, 0.3) is 0 Å². The van der Waals surface area contributed by atoms with E-state index in [1.54, 1.807) is 12.3 Å². The molecule has 1 aromatic heterocycles. The van der Waals surface area contributed by atoms with Crippen LogP contribution in [0.25, 0.3) is 11.3 Å². The largest absolute Gasteiger partial charge is 0.416 e. The summed E-state index contributed by atoms with van der Waals surface area (Å²) in [6, 6.07) is 7.41. The highest BCUT2D eigenvalue weighted by Crippen LogP contribution is 2.40. The zero-order chi connectivity index (χ0) is 15.2. The van der Waals surface area contributed by atoms with Gasteiger partial charge in [0.1, 0.15) is 0 Å². The van der Waals surface area contributed by atoms with Crippen LogP contribution in [0.2, 0.25) is 0 Å². The second kappa shape index (κ2) is 4.84. The first-order valence-electron chi connectivity index (χ1n) is 6.76. The van der Waals surface area contributed by atoms with Crippen LogP contribution in [0.5, 0.6) is 0 Å². The summed E-state index contributed by atoms with van der Waals surface area (Å²) in [6.07, 6.45) is -1.67. The maximum absolute atomic E-state index is 12.8. The Morgan fingerprint density at radius 3 is 2.52 bits per heavy atom. The van der Waals surface area contributed by atoms with Gasteiger partial charge in [0.05, 0.1) is 11.3 Å². The summed E-state index contributed by atoms with van der Waals surface area (Å²) < 4.78 is 38.3. The molecule has 110 valence electrons. The zero-order valence-electron chi connectivity index (χ0n) is 11.5. The first-order chi connectivity index (χ1) is 9.86. The molecule has 5 heteroatoms. The van der Waals surface area contributed by atoms with E-state index in [9.17, 15) is 13.2 Å². The smallest absolute Gasteiger partial charge is 0.327 e. The van der Waals surface area contributed by atoms with Crippen LogP contribution in [0.1, 0.15) is 29.0 Å². The molecule has 1 aliphatic rings. The third kappa shape index (κ3) is 2.78. The number of pyridine rings is 1. The van der Waals surface area contributed by atoms with Crippen LogP contribution in [-0.4, -0.2) is 11.0 Å². The van der Waals surface area contributed by atoms with E-state index in [2.05, 4.69) is 4.98 Å². The minimum Gasteiger partial charge on any atom is -0.327 e. The van der Waals surface area contributed by atoms with Crippen molar-refractivity contribution in [3.05, 3.63) is 53.2 Å². The summed E-state index contributed by atoms with van der Waals surface area (Å²) in [4.78, 5) is 4.34. The number of nitrogens with zero attached hydrogens (tertiary/aromatic N) is 1. The first-order valence-corrected chi connectivity index (χ1v) is 6.76. The van der Waals surface area contributed by atoms with Crippen molar-refractivity contribution < 1.29 is 13.2 Å². The van der Waals surface area contributed by atoms with E-state index in [0.29, 0.717) is 17.2 Å². The van der Waals surface area contributed by atoms with E-state index >= 15 is 0 Å². The summed E-state index contributed by atoms with van der Waals surface area (Å²) >= 11 is 0. The maximum Gasteiger partial charge on any atom is 0.416 e. The molecule has 0 saturated heterocycles. The number of rotatable bonds is 2. The Kier molecular flexibility index (Phi) is 3.24. The van der Waals surface area contributed by atoms with E-state index < -0.39 is 11.7 Å². The molecule has 0 amide bonds. The molecule has 3 rings (SSSR count). The van der Waals surface area contributed by atoms with Crippen molar-refractivity contribution >= 4 is 0 Å². The highest BCUT2D eigenvalue weighted by atomic mass is 19.4. The molecule has 2 N–H and O–H groups in total. The number of hydrogen-bond donors (Lipinski definition) is 1. The van der Waals surface area contributed by atoms with Gasteiger partial charge < -0.3 is 5.73 Å². The van der Waals surface area contributed by atoms with Gasteiger partial charge in [-0.05, 0) is 36.6 Å². The third-order valence-corrected chi connectivity index (χ3v) is 3.83. The number of hydrogen-bond acceptors (Lipinski definition) is 2. The van der Waals surface area contributed by atoms with Crippen LogP contribution in [0.3, 0.4) is 0 Å². The number of benzene rings is 1. The number of nitrogens with two attached hydrogens (primary N) is 1. The summed E-state index contributed by atoms with van der Waals surface area (Å²) in [6.45, 7) is 1.86. The van der Waals surface area contributed by atoms with Crippen LogP contribution >= 0.6 is 0 Å². The molecule has 21 heavy (non-hydrogen) atoms. The molecular formula is C16H15F3N2. The summed E-state index contributed by atoms with van der Waals surface area (Å²) in [7, 11) is 0. The number of aryl methyl sites for hydroxylation is 1. The average Bonchev–Trinajstić information content (AvgIpc) is 3.15. The monoisotopic (exact) mass is 292 g/mol. The molecule has 0 bridgehead atoms. The van der Waals surface area contributed by atoms with Crippen molar-refractivity contribution in [3.8, 4) is 11.3 Å². The molecule has 1 fully saturated rings. The van der Waals surface area contributed by atoms with Crippen molar-refractivity contribution in [1.82, 2.24) is 4.98 Å². The fourth-order valence-electron chi connectivity index (χ4n) is 2.54. The lowest BCUT2D eigenvalue weighted by atomic mass is 10.0. The van der Waals surface area contributed by atoms with Crippen LogP contribution in [0, 0.1) is 6.92 Å². The Morgan fingerprint density at radius 2 is 1.95 bits per heavy atom. The SMILES string of the molecule is Cc1cc([C@@H]2C[C@H]2N)cnc1-c1cccc(C(F)(F)F)c1. The Balaban J connectivity index is 1.97. The molecule has 2 nitrogen and oxygen atoms in total. The van der Waals surface area contributed by atoms with E-state index in [0.717, 1.165) is 29.7 Å². The normalized spacial score (nSPS) is 21.4. The van der Waals surface area contributed by atoms with Gasteiger partial charge in [0.15, 0.2) is 0 Å². The van der Waals surface area contributed by atoms with E-state index in [1.807, 2.05) is 13.0 Å². The van der Waals surface area contributed by atoms with E-state index in [-0.39, 0.29) is 6.04 Å². The Labute approximate surface area is 120 Å². The maximum atomic E-state index is 12.8. The van der Waals surface area contributed by atoms with Gasteiger partial charge in [-0.25, -0.2) is 0 Å². The molecule has 2 aromatic rings. The van der Waals surface area contributed by atoms with Crippen molar-refractivity contribution in [2.24, 2.45) is 5.73 Å². The van der Waals surface area contributed by atoms with Gasteiger partial charge in [0.2, 0.25) is 0 Å². The fraction of sp³-hybridized carbons (Fsp3) is 0.312. The second-order valence-corrected chi connectivity index (χ2v) is 5.52. The van der Waals surface area contributed by atoms with Gasteiger partial charge >= 0.3 is 6.18 Å². The topological polar surface area (TPSA) is 38.9 Å². The predicted octanol–water partition coefficient (Wildman–Crippen LogP) is 3.89. The molecule has 1 heterocycles. The molecule has 2 atom stereocenters. The molecule has 1 saturated carbocycles. The van der Waals surface area contributed by atoms with Crippen molar-refractivity contribution in [2.45, 2.75) is 31.5 Å². The van der Waals surface area contributed by atoms with Crippen LogP contribution in [0.15, 0.2) is 36.5 Å². The van der Waals surface area contributed by atoms with Crippen LogP contribution in [0.4, 0.5) is 13.2 Å². The van der Waals surface area contributed by atoms with Gasteiger partial charge in [-0.15, -0.1) is 0 Å². The van der Waals surface area contributed by atoms with Crippen LogP contribution in [-0.2, 0) is 6.18 Å². The first kappa shape index (κ1) is 14.1. The van der Waals surface area contributed by atoms with E-state index in [4.69, 9.17) is 5.73 Å². The van der Waals surface area contributed by atoms with Gasteiger partial charge in [-0.2, -0.15) is 13.2 Å². The fourth-order valence-corrected chi connectivity index (χ4v) is 2.54.